The highest BCUT2D eigenvalue weighted by Crippen LogP contribution is 2.42. The molecule has 1 unspecified atom stereocenters. The van der Waals surface area contributed by atoms with Crippen molar-refractivity contribution in [1.29, 1.82) is 0 Å². The lowest BCUT2D eigenvalue weighted by atomic mass is 9.78. The molecule has 1 atom stereocenters. The average molecular weight is 368 g/mol. The molecule has 2 aromatic carbocycles. The molecular weight excluding hydrogens is 340 g/mol. The predicted octanol–water partition coefficient (Wildman–Crippen LogP) is 5.19. The van der Waals surface area contributed by atoms with Crippen molar-refractivity contribution in [3.63, 3.8) is 0 Å². The van der Waals surface area contributed by atoms with Gasteiger partial charge in [0.1, 0.15) is 0 Å². The van der Waals surface area contributed by atoms with Crippen LogP contribution in [0.4, 0.5) is 0 Å². The molecule has 2 aromatic rings. The van der Waals surface area contributed by atoms with E-state index < -0.39 is 0 Å². The second-order valence-corrected chi connectivity index (χ2v) is 7.13. The van der Waals surface area contributed by atoms with Crippen LogP contribution in [0.25, 0.3) is 12.2 Å². The lowest BCUT2D eigenvalue weighted by Gasteiger charge is -2.27. The first-order valence-electron chi connectivity index (χ1n) is 9.21. The van der Waals surface area contributed by atoms with Crippen LogP contribution in [0.2, 0.25) is 0 Å². The monoisotopic (exact) mass is 368 g/mol. The number of benzene rings is 2. The van der Waals surface area contributed by atoms with Gasteiger partial charge in [0, 0.05) is 0 Å². The SMILES string of the molecule is COc1cc2c(cc1OC)CC(C(C)C)c1cc(OC)c(OC)cc1/C=C\2. The van der Waals surface area contributed by atoms with Gasteiger partial charge in [-0.15, -0.1) is 0 Å². The lowest BCUT2D eigenvalue weighted by molar-refractivity contribution is 0.352. The smallest absolute Gasteiger partial charge is 0.161 e. The highest BCUT2D eigenvalue weighted by Gasteiger charge is 2.25. The Morgan fingerprint density at radius 3 is 1.74 bits per heavy atom. The molecule has 0 bridgehead atoms. The van der Waals surface area contributed by atoms with Gasteiger partial charge in [0.05, 0.1) is 28.4 Å². The molecule has 0 saturated heterocycles. The van der Waals surface area contributed by atoms with Gasteiger partial charge in [-0.25, -0.2) is 0 Å². The molecule has 0 N–H and O–H groups in total. The van der Waals surface area contributed by atoms with Crippen LogP contribution in [0.5, 0.6) is 23.0 Å². The molecule has 4 nitrogen and oxygen atoms in total. The summed E-state index contributed by atoms with van der Waals surface area (Å²) in [4.78, 5) is 0. The molecule has 0 radical (unpaired) electrons. The summed E-state index contributed by atoms with van der Waals surface area (Å²) in [6.07, 6.45) is 5.20. The van der Waals surface area contributed by atoms with Gasteiger partial charge in [0.2, 0.25) is 0 Å². The molecule has 0 fully saturated rings. The minimum atomic E-state index is 0.349. The van der Waals surface area contributed by atoms with Crippen LogP contribution in [0.1, 0.15) is 42.0 Å². The van der Waals surface area contributed by atoms with Crippen LogP contribution >= 0.6 is 0 Å². The maximum atomic E-state index is 5.55. The van der Waals surface area contributed by atoms with E-state index in [2.05, 4.69) is 44.2 Å². The van der Waals surface area contributed by atoms with Crippen molar-refractivity contribution in [3.05, 3.63) is 46.5 Å². The zero-order valence-electron chi connectivity index (χ0n) is 17.0. The average Bonchev–Trinajstić information content (AvgIpc) is 2.67. The topological polar surface area (TPSA) is 36.9 Å². The highest BCUT2D eigenvalue weighted by atomic mass is 16.5. The quantitative estimate of drug-likeness (QED) is 0.728. The number of ether oxygens (including phenoxy) is 4. The van der Waals surface area contributed by atoms with Gasteiger partial charge in [0.25, 0.3) is 0 Å². The van der Waals surface area contributed by atoms with Crippen LogP contribution in [-0.2, 0) is 6.42 Å². The van der Waals surface area contributed by atoms with E-state index in [1.165, 1.54) is 11.1 Å². The zero-order chi connectivity index (χ0) is 19.6. The minimum absolute atomic E-state index is 0.349. The van der Waals surface area contributed by atoms with Crippen LogP contribution in [0, 0.1) is 5.92 Å². The first-order valence-corrected chi connectivity index (χ1v) is 9.21. The molecule has 3 rings (SSSR count). The largest absolute Gasteiger partial charge is 0.493 e. The van der Waals surface area contributed by atoms with Crippen molar-refractivity contribution in [1.82, 2.24) is 0 Å². The molecule has 0 spiro atoms. The van der Waals surface area contributed by atoms with Gasteiger partial charge in [-0.1, -0.05) is 26.0 Å². The number of hydrogen-bond acceptors (Lipinski definition) is 4. The summed E-state index contributed by atoms with van der Waals surface area (Å²) in [5.74, 6) is 3.84. The molecular formula is C23H28O4. The second-order valence-electron chi connectivity index (χ2n) is 7.13. The van der Waals surface area contributed by atoms with E-state index in [9.17, 15) is 0 Å². The van der Waals surface area contributed by atoms with Crippen molar-refractivity contribution in [2.24, 2.45) is 5.92 Å². The number of hydrogen-bond donors (Lipinski definition) is 0. The first-order chi connectivity index (χ1) is 13.0. The van der Waals surface area contributed by atoms with Gasteiger partial charge < -0.3 is 18.9 Å². The molecule has 0 amide bonds. The standard InChI is InChI=1S/C23H28O4/c1-14(2)18-9-17-12-22(26-5)20(24-3)10-15(17)7-8-16-11-21(25-4)23(27-6)13-19(16)18/h7-8,10-14,18H,9H2,1-6H3/b8-7-. The molecule has 0 aromatic heterocycles. The van der Waals surface area contributed by atoms with E-state index in [0.717, 1.165) is 40.5 Å². The summed E-state index contributed by atoms with van der Waals surface area (Å²) in [7, 11) is 6.69. The molecule has 0 saturated carbocycles. The fourth-order valence-corrected chi connectivity index (χ4v) is 3.77. The Kier molecular flexibility index (Phi) is 5.64. The maximum Gasteiger partial charge on any atom is 0.161 e. The van der Waals surface area contributed by atoms with Crippen molar-refractivity contribution >= 4 is 12.2 Å². The molecule has 1 aliphatic carbocycles. The Morgan fingerprint density at radius 1 is 0.704 bits per heavy atom. The summed E-state index contributed by atoms with van der Waals surface area (Å²) in [5.41, 5.74) is 4.84. The summed E-state index contributed by atoms with van der Waals surface area (Å²) >= 11 is 0. The van der Waals surface area contributed by atoms with E-state index in [1.54, 1.807) is 28.4 Å². The number of rotatable bonds is 5. The predicted molar refractivity (Wildman–Crippen MR) is 109 cm³/mol. The fraction of sp³-hybridized carbons (Fsp3) is 0.391. The zero-order valence-corrected chi connectivity index (χ0v) is 17.0. The van der Waals surface area contributed by atoms with Gasteiger partial charge >= 0.3 is 0 Å². The normalized spacial score (nSPS) is 16.6. The third kappa shape index (κ3) is 3.61. The summed E-state index contributed by atoms with van der Waals surface area (Å²) in [6, 6.07) is 8.33. The fourth-order valence-electron chi connectivity index (χ4n) is 3.77. The van der Waals surface area contributed by atoms with Gasteiger partial charge in [-0.05, 0) is 64.8 Å². The Bertz CT molecular complexity index is 852. The van der Waals surface area contributed by atoms with Crippen molar-refractivity contribution in [2.75, 3.05) is 28.4 Å². The Balaban J connectivity index is 2.21. The minimum Gasteiger partial charge on any atom is -0.493 e. The third-order valence-corrected chi connectivity index (χ3v) is 5.32. The van der Waals surface area contributed by atoms with Crippen LogP contribution in [-0.4, -0.2) is 28.4 Å². The molecule has 0 aliphatic heterocycles. The van der Waals surface area contributed by atoms with Gasteiger partial charge in [-0.2, -0.15) is 0 Å². The van der Waals surface area contributed by atoms with Crippen LogP contribution in [0.3, 0.4) is 0 Å². The molecule has 1 aliphatic rings. The van der Waals surface area contributed by atoms with Crippen molar-refractivity contribution in [2.45, 2.75) is 26.2 Å². The molecule has 4 heteroatoms. The van der Waals surface area contributed by atoms with E-state index in [-0.39, 0.29) is 0 Å². The maximum absolute atomic E-state index is 5.55. The van der Waals surface area contributed by atoms with E-state index in [4.69, 9.17) is 18.9 Å². The molecule has 144 valence electrons. The Labute approximate surface area is 161 Å². The summed E-state index contributed by atoms with van der Waals surface area (Å²) < 4.78 is 22.1. The van der Waals surface area contributed by atoms with Gasteiger partial charge in [-0.3, -0.25) is 0 Å². The second kappa shape index (κ2) is 7.95. The summed E-state index contributed by atoms with van der Waals surface area (Å²) in [6.45, 7) is 4.52. The van der Waals surface area contributed by atoms with Crippen molar-refractivity contribution in [3.8, 4) is 23.0 Å². The highest BCUT2D eigenvalue weighted by molar-refractivity contribution is 5.77. The van der Waals surface area contributed by atoms with E-state index >= 15 is 0 Å². The Morgan fingerprint density at radius 2 is 1.19 bits per heavy atom. The third-order valence-electron chi connectivity index (χ3n) is 5.32. The van der Waals surface area contributed by atoms with Crippen LogP contribution < -0.4 is 18.9 Å². The van der Waals surface area contributed by atoms with Gasteiger partial charge in [0.15, 0.2) is 23.0 Å². The number of fused-ring (bicyclic) bond motifs is 2. The molecule has 27 heavy (non-hydrogen) atoms. The summed E-state index contributed by atoms with van der Waals surface area (Å²) in [5, 5.41) is 0. The van der Waals surface area contributed by atoms with Crippen molar-refractivity contribution < 1.29 is 18.9 Å². The first kappa shape index (κ1) is 19.2. The molecule has 0 heterocycles. The Hall–Kier alpha value is -2.62. The van der Waals surface area contributed by atoms with E-state index in [0.29, 0.717) is 11.8 Å². The number of methoxy groups -OCH3 is 4. The van der Waals surface area contributed by atoms with E-state index in [1.807, 2.05) is 6.07 Å². The lowest BCUT2D eigenvalue weighted by Crippen LogP contribution is -2.14. The van der Waals surface area contributed by atoms with Crippen LogP contribution in [0.15, 0.2) is 24.3 Å².